The average molecular weight is 265 g/mol. The van der Waals surface area contributed by atoms with Crippen molar-refractivity contribution in [2.75, 3.05) is 11.6 Å². The van der Waals surface area contributed by atoms with Crippen molar-refractivity contribution in [3.8, 4) is 0 Å². The Morgan fingerprint density at radius 3 is 2.25 bits per heavy atom. The van der Waals surface area contributed by atoms with Crippen molar-refractivity contribution in [3.05, 3.63) is 30.1 Å². The van der Waals surface area contributed by atoms with Crippen molar-refractivity contribution in [3.63, 3.8) is 0 Å². The van der Waals surface area contributed by atoms with Gasteiger partial charge in [-0.25, -0.2) is 12.8 Å². The maximum atomic E-state index is 12.6. The monoisotopic (exact) mass is 264 g/mol. The van der Waals surface area contributed by atoms with E-state index in [2.05, 4.69) is 0 Å². The van der Waals surface area contributed by atoms with Crippen molar-refractivity contribution in [1.29, 1.82) is 0 Å². The van der Waals surface area contributed by atoms with Crippen molar-refractivity contribution < 1.29 is 12.8 Å². The van der Waals surface area contributed by atoms with E-state index in [0.717, 1.165) is 25.0 Å². The van der Waals surface area contributed by atoms with Gasteiger partial charge in [0.15, 0.2) is 9.84 Å². The molecule has 0 aliphatic heterocycles. The SMILES string of the molecule is O=S(=O)(CCCCCCl)c1ccc(F)cc1. The molecule has 1 aromatic carbocycles. The Morgan fingerprint density at radius 1 is 1.06 bits per heavy atom. The molecule has 0 aromatic heterocycles. The van der Waals surface area contributed by atoms with Gasteiger partial charge in [0.1, 0.15) is 5.82 Å². The van der Waals surface area contributed by atoms with Gasteiger partial charge in [-0.2, -0.15) is 0 Å². The van der Waals surface area contributed by atoms with Crippen LogP contribution in [0.15, 0.2) is 29.2 Å². The van der Waals surface area contributed by atoms with E-state index >= 15 is 0 Å². The number of hydrogen-bond acceptors (Lipinski definition) is 2. The number of halogens is 2. The van der Waals surface area contributed by atoms with E-state index in [4.69, 9.17) is 11.6 Å². The van der Waals surface area contributed by atoms with Crippen LogP contribution in [0.25, 0.3) is 0 Å². The third kappa shape index (κ3) is 4.10. The van der Waals surface area contributed by atoms with E-state index in [9.17, 15) is 12.8 Å². The van der Waals surface area contributed by atoms with Gasteiger partial charge in [-0.3, -0.25) is 0 Å². The number of rotatable bonds is 6. The second kappa shape index (κ2) is 6.21. The Balaban J connectivity index is 2.60. The molecule has 2 nitrogen and oxygen atoms in total. The molecule has 0 saturated heterocycles. The molecule has 0 unspecified atom stereocenters. The summed E-state index contributed by atoms with van der Waals surface area (Å²) in [7, 11) is -3.27. The van der Waals surface area contributed by atoms with Crippen molar-refractivity contribution in [1.82, 2.24) is 0 Å². The summed E-state index contributed by atoms with van der Waals surface area (Å²) in [5, 5.41) is 0. The summed E-state index contributed by atoms with van der Waals surface area (Å²) in [5.74, 6) is 0.215. The molecular weight excluding hydrogens is 251 g/mol. The Labute approximate surface area is 100 Å². The molecule has 0 atom stereocenters. The lowest BCUT2D eigenvalue weighted by Gasteiger charge is -2.03. The first kappa shape index (κ1) is 13.5. The highest BCUT2D eigenvalue weighted by Gasteiger charge is 2.13. The molecule has 0 aliphatic carbocycles. The smallest absolute Gasteiger partial charge is 0.178 e. The molecule has 0 saturated carbocycles. The van der Waals surface area contributed by atoms with E-state index < -0.39 is 15.7 Å². The largest absolute Gasteiger partial charge is 0.224 e. The molecule has 0 fully saturated rings. The van der Waals surface area contributed by atoms with Crippen LogP contribution in [0.1, 0.15) is 19.3 Å². The van der Waals surface area contributed by atoms with Gasteiger partial charge in [0.2, 0.25) is 0 Å². The fraction of sp³-hybridized carbons (Fsp3) is 0.455. The van der Waals surface area contributed by atoms with Crippen molar-refractivity contribution in [2.45, 2.75) is 24.2 Å². The summed E-state index contributed by atoms with van der Waals surface area (Å²) >= 11 is 5.49. The normalized spacial score (nSPS) is 11.6. The van der Waals surface area contributed by atoms with Crippen LogP contribution in [-0.2, 0) is 9.84 Å². The van der Waals surface area contributed by atoms with Crippen molar-refractivity contribution >= 4 is 21.4 Å². The quantitative estimate of drug-likeness (QED) is 0.450. The zero-order valence-corrected chi connectivity index (χ0v) is 10.4. The molecule has 0 spiro atoms. The van der Waals surface area contributed by atoms with Crippen LogP contribution in [0, 0.1) is 5.82 Å². The van der Waals surface area contributed by atoms with Gasteiger partial charge in [-0.15, -0.1) is 11.6 Å². The van der Waals surface area contributed by atoms with Crippen LogP contribution in [0.5, 0.6) is 0 Å². The van der Waals surface area contributed by atoms with Gasteiger partial charge in [0, 0.05) is 5.88 Å². The van der Waals surface area contributed by atoms with Gasteiger partial charge in [0.25, 0.3) is 0 Å². The topological polar surface area (TPSA) is 34.1 Å². The van der Waals surface area contributed by atoms with Gasteiger partial charge < -0.3 is 0 Å². The number of sulfone groups is 1. The highest BCUT2D eigenvalue weighted by atomic mass is 35.5. The fourth-order valence-corrected chi connectivity index (χ4v) is 2.88. The van der Waals surface area contributed by atoms with Crippen LogP contribution in [0.4, 0.5) is 4.39 Å². The summed E-state index contributed by atoms with van der Waals surface area (Å²) in [4.78, 5) is 0.180. The zero-order valence-electron chi connectivity index (χ0n) is 8.83. The average Bonchev–Trinajstić information content (AvgIpc) is 2.25. The Hall–Kier alpha value is -0.610. The minimum atomic E-state index is -3.27. The highest BCUT2D eigenvalue weighted by molar-refractivity contribution is 7.91. The van der Waals surface area contributed by atoms with Crippen LogP contribution in [0.3, 0.4) is 0 Å². The van der Waals surface area contributed by atoms with Gasteiger partial charge in [-0.05, 0) is 37.1 Å². The number of unbranched alkanes of at least 4 members (excludes halogenated alkanes) is 2. The lowest BCUT2D eigenvalue weighted by molar-refractivity contribution is 0.590. The van der Waals surface area contributed by atoms with E-state index in [-0.39, 0.29) is 10.6 Å². The summed E-state index contributed by atoms with van der Waals surface area (Å²) in [5.41, 5.74) is 0. The first-order valence-corrected chi connectivity index (χ1v) is 7.29. The zero-order chi connectivity index (χ0) is 12.0. The highest BCUT2D eigenvalue weighted by Crippen LogP contribution is 2.13. The first-order valence-electron chi connectivity index (χ1n) is 5.10. The summed E-state index contributed by atoms with van der Waals surface area (Å²) in [6.45, 7) is 0. The first-order chi connectivity index (χ1) is 7.56. The minimum Gasteiger partial charge on any atom is -0.224 e. The molecule has 0 heterocycles. The molecule has 5 heteroatoms. The van der Waals surface area contributed by atoms with Crippen molar-refractivity contribution in [2.24, 2.45) is 0 Å². The number of benzene rings is 1. The van der Waals surface area contributed by atoms with E-state index in [1.807, 2.05) is 0 Å². The van der Waals surface area contributed by atoms with Gasteiger partial charge >= 0.3 is 0 Å². The summed E-state index contributed by atoms with van der Waals surface area (Å²) < 4.78 is 36.1. The van der Waals surface area contributed by atoms with Crippen LogP contribution >= 0.6 is 11.6 Å². The molecule has 16 heavy (non-hydrogen) atoms. The predicted molar refractivity (Wildman–Crippen MR) is 63.0 cm³/mol. The molecule has 1 rings (SSSR count). The third-order valence-corrected chi connectivity index (χ3v) is 4.30. The maximum Gasteiger partial charge on any atom is 0.178 e. The second-order valence-electron chi connectivity index (χ2n) is 3.52. The number of hydrogen-bond donors (Lipinski definition) is 0. The van der Waals surface area contributed by atoms with Crippen LogP contribution in [0.2, 0.25) is 0 Å². The minimum absolute atomic E-state index is 0.0928. The van der Waals surface area contributed by atoms with Gasteiger partial charge in [0.05, 0.1) is 10.6 Å². The lowest BCUT2D eigenvalue weighted by atomic mass is 10.3. The lowest BCUT2D eigenvalue weighted by Crippen LogP contribution is -2.06. The predicted octanol–water partition coefficient (Wildman–Crippen LogP) is 3.01. The standard InChI is InChI=1S/C11H14ClFO2S/c12-8-2-1-3-9-16(14,15)11-6-4-10(13)5-7-11/h4-7H,1-3,8-9H2. The summed E-state index contributed by atoms with van der Waals surface area (Å²) in [6, 6.07) is 4.91. The van der Waals surface area contributed by atoms with E-state index in [1.165, 1.54) is 12.1 Å². The summed E-state index contributed by atoms with van der Waals surface area (Å²) in [6.07, 6.45) is 2.21. The molecule has 0 N–H and O–H groups in total. The molecule has 1 aromatic rings. The maximum absolute atomic E-state index is 12.6. The molecular formula is C11H14ClFO2S. The molecule has 90 valence electrons. The fourth-order valence-electron chi connectivity index (χ4n) is 1.32. The Kier molecular flexibility index (Phi) is 5.22. The Morgan fingerprint density at radius 2 is 1.69 bits per heavy atom. The van der Waals surface area contributed by atoms with Crippen LogP contribution < -0.4 is 0 Å². The molecule has 0 radical (unpaired) electrons. The Bertz CT molecular complexity index is 414. The van der Waals surface area contributed by atoms with Crippen LogP contribution in [-0.4, -0.2) is 20.1 Å². The van der Waals surface area contributed by atoms with E-state index in [1.54, 1.807) is 0 Å². The number of alkyl halides is 1. The molecule has 0 amide bonds. The molecule has 0 bridgehead atoms. The van der Waals surface area contributed by atoms with Gasteiger partial charge in [-0.1, -0.05) is 6.42 Å². The second-order valence-corrected chi connectivity index (χ2v) is 6.01. The third-order valence-electron chi connectivity index (χ3n) is 2.22. The van der Waals surface area contributed by atoms with E-state index in [0.29, 0.717) is 12.3 Å². The molecule has 0 aliphatic rings.